The molecule has 0 aliphatic rings. The van der Waals surface area contributed by atoms with E-state index in [4.69, 9.17) is 14.9 Å². The Balaban J connectivity index is 1.44. The molecular formula is C19H22N5O5+. The second-order valence-corrected chi connectivity index (χ2v) is 6.10. The van der Waals surface area contributed by atoms with Gasteiger partial charge in [-0.25, -0.2) is 9.42 Å². The smallest absolute Gasteiger partial charge is 0.338 e. The van der Waals surface area contributed by atoms with E-state index in [0.29, 0.717) is 37.6 Å². The SMILES string of the molecule is CCOC(=O)c1ccc(-c2ccc(C[NH2+]CCNC(=O)c3nonc3N)o2)cc1. The molecule has 2 heterocycles. The highest BCUT2D eigenvalue weighted by Crippen LogP contribution is 2.22. The summed E-state index contributed by atoms with van der Waals surface area (Å²) in [6.07, 6.45) is 0. The molecule has 3 aromatic rings. The van der Waals surface area contributed by atoms with Crippen molar-refractivity contribution in [2.24, 2.45) is 0 Å². The number of hydrogen-bond acceptors (Lipinski definition) is 8. The van der Waals surface area contributed by atoms with Crippen molar-refractivity contribution in [2.75, 3.05) is 25.4 Å². The van der Waals surface area contributed by atoms with Gasteiger partial charge in [0.2, 0.25) is 11.5 Å². The fraction of sp³-hybridized carbons (Fsp3) is 0.263. The minimum absolute atomic E-state index is 0.0188. The number of esters is 1. The number of rotatable bonds is 9. The molecule has 0 atom stereocenters. The van der Waals surface area contributed by atoms with Gasteiger partial charge >= 0.3 is 5.97 Å². The molecule has 10 heteroatoms. The largest absolute Gasteiger partial charge is 0.462 e. The third kappa shape index (κ3) is 5.20. The maximum Gasteiger partial charge on any atom is 0.338 e. The third-order valence-corrected chi connectivity index (χ3v) is 4.05. The zero-order valence-corrected chi connectivity index (χ0v) is 15.9. The summed E-state index contributed by atoms with van der Waals surface area (Å²) in [5, 5.41) is 11.5. The maximum atomic E-state index is 11.8. The molecule has 1 amide bonds. The molecule has 0 fully saturated rings. The molecule has 5 N–H and O–H groups in total. The Kier molecular flexibility index (Phi) is 6.59. The zero-order chi connectivity index (χ0) is 20.6. The molecule has 0 radical (unpaired) electrons. The highest BCUT2D eigenvalue weighted by Gasteiger charge is 2.15. The minimum Gasteiger partial charge on any atom is -0.462 e. The van der Waals surface area contributed by atoms with Crippen molar-refractivity contribution in [1.29, 1.82) is 0 Å². The van der Waals surface area contributed by atoms with E-state index in [1.165, 1.54) is 0 Å². The Morgan fingerprint density at radius 3 is 2.66 bits per heavy atom. The van der Waals surface area contributed by atoms with Crippen LogP contribution < -0.4 is 16.4 Å². The van der Waals surface area contributed by atoms with Crippen molar-refractivity contribution in [3.63, 3.8) is 0 Å². The monoisotopic (exact) mass is 400 g/mol. The standard InChI is InChI=1S/C19H21N5O5/c1-2-27-19(26)13-5-3-12(4-6-13)15-8-7-14(28-15)11-21-9-10-22-18(25)16-17(20)24-29-23-16/h3-8,21H,2,9-11H2,1H3,(H2,20,24)(H,22,25)/p+1. The second-order valence-electron chi connectivity index (χ2n) is 6.10. The van der Waals surface area contributed by atoms with Crippen molar-refractivity contribution in [3.8, 4) is 11.3 Å². The lowest BCUT2D eigenvalue weighted by Gasteiger charge is -2.03. The average molecular weight is 400 g/mol. The summed E-state index contributed by atoms with van der Waals surface area (Å²) < 4.78 is 15.2. The average Bonchev–Trinajstić information content (AvgIpc) is 3.37. The first kappa shape index (κ1) is 20.1. The van der Waals surface area contributed by atoms with Gasteiger partial charge in [0.15, 0.2) is 5.76 Å². The summed E-state index contributed by atoms with van der Waals surface area (Å²) in [5.74, 6) is 0.703. The molecule has 10 nitrogen and oxygen atoms in total. The number of nitrogens with two attached hydrogens (primary N) is 2. The number of benzene rings is 1. The summed E-state index contributed by atoms with van der Waals surface area (Å²) in [5.41, 5.74) is 6.82. The predicted octanol–water partition coefficient (Wildman–Crippen LogP) is 0.582. The van der Waals surface area contributed by atoms with Gasteiger partial charge < -0.3 is 25.5 Å². The number of nitrogens with zero attached hydrogens (tertiary/aromatic N) is 2. The third-order valence-electron chi connectivity index (χ3n) is 4.05. The lowest BCUT2D eigenvalue weighted by Crippen LogP contribution is -2.84. The van der Waals surface area contributed by atoms with Gasteiger partial charge in [-0.3, -0.25) is 4.79 Å². The first-order valence-corrected chi connectivity index (χ1v) is 9.12. The molecule has 0 unspecified atom stereocenters. The second kappa shape index (κ2) is 9.51. The van der Waals surface area contributed by atoms with Gasteiger partial charge in [-0.1, -0.05) is 12.1 Å². The van der Waals surface area contributed by atoms with Gasteiger partial charge in [-0.2, -0.15) is 0 Å². The van der Waals surface area contributed by atoms with Gasteiger partial charge in [0.1, 0.15) is 12.3 Å². The quantitative estimate of drug-likeness (QED) is 0.349. The molecule has 0 aliphatic carbocycles. The Morgan fingerprint density at radius 2 is 1.97 bits per heavy atom. The van der Waals surface area contributed by atoms with Gasteiger partial charge in [-0.15, -0.1) is 0 Å². The highest BCUT2D eigenvalue weighted by atomic mass is 16.6. The summed E-state index contributed by atoms with van der Waals surface area (Å²) in [6, 6.07) is 10.8. The normalized spacial score (nSPS) is 10.7. The van der Waals surface area contributed by atoms with Gasteiger partial charge in [0, 0.05) is 5.56 Å². The van der Waals surface area contributed by atoms with Crippen molar-refractivity contribution >= 4 is 17.7 Å². The number of aromatic nitrogens is 2. The van der Waals surface area contributed by atoms with E-state index in [9.17, 15) is 9.59 Å². The molecule has 1 aromatic carbocycles. The van der Waals surface area contributed by atoms with E-state index in [2.05, 4.69) is 20.3 Å². The molecule has 2 aromatic heterocycles. The maximum absolute atomic E-state index is 11.8. The number of ether oxygens (including phenoxy) is 1. The van der Waals surface area contributed by atoms with Crippen molar-refractivity contribution in [3.05, 3.63) is 53.4 Å². The van der Waals surface area contributed by atoms with Crippen molar-refractivity contribution in [2.45, 2.75) is 13.5 Å². The van der Waals surface area contributed by atoms with Crippen LogP contribution in [0.5, 0.6) is 0 Å². The topological polar surface area (TPSA) is 150 Å². The molecule has 0 aliphatic heterocycles. The van der Waals surface area contributed by atoms with Gasteiger partial charge in [0.25, 0.3) is 5.91 Å². The minimum atomic E-state index is -0.427. The molecule has 0 saturated carbocycles. The van der Waals surface area contributed by atoms with Crippen LogP contribution in [0.2, 0.25) is 0 Å². The van der Waals surface area contributed by atoms with Crippen molar-refractivity contribution < 1.29 is 28.7 Å². The zero-order valence-electron chi connectivity index (χ0n) is 15.9. The lowest BCUT2D eigenvalue weighted by atomic mass is 10.1. The van der Waals surface area contributed by atoms with Gasteiger partial charge in [-0.05, 0) is 41.5 Å². The number of nitrogens with one attached hydrogen (secondary N) is 1. The Morgan fingerprint density at radius 1 is 1.17 bits per heavy atom. The van der Waals surface area contributed by atoms with Crippen LogP contribution in [-0.2, 0) is 11.3 Å². The highest BCUT2D eigenvalue weighted by molar-refractivity contribution is 5.95. The Hall–Kier alpha value is -3.66. The van der Waals surface area contributed by atoms with Crippen molar-refractivity contribution in [1.82, 2.24) is 15.6 Å². The fourth-order valence-corrected chi connectivity index (χ4v) is 2.60. The van der Waals surface area contributed by atoms with Crippen LogP contribution in [0.1, 0.15) is 33.5 Å². The van der Waals surface area contributed by atoms with Gasteiger partial charge in [0.05, 0.1) is 25.3 Å². The van der Waals surface area contributed by atoms with Crippen LogP contribution in [0.25, 0.3) is 11.3 Å². The Labute approximate surface area is 166 Å². The Bertz CT molecular complexity index is 964. The number of carbonyl (C=O) groups is 2. The number of hydrogen-bond donors (Lipinski definition) is 3. The lowest BCUT2D eigenvalue weighted by molar-refractivity contribution is -0.670. The van der Waals surface area contributed by atoms with E-state index in [1.54, 1.807) is 19.1 Å². The first-order valence-electron chi connectivity index (χ1n) is 9.12. The number of nitrogen functional groups attached to an aromatic ring is 1. The van der Waals surface area contributed by atoms with E-state index in [0.717, 1.165) is 11.3 Å². The van der Waals surface area contributed by atoms with E-state index in [-0.39, 0.29) is 17.5 Å². The van der Waals surface area contributed by atoms with E-state index in [1.807, 2.05) is 29.6 Å². The number of furan rings is 1. The van der Waals surface area contributed by atoms with Crippen LogP contribution in [0, 0.1) is 0 Å². The summed E-state index contributed by atoms with van der Waals surface area (Å²) in [7, 11) is 0. The fourth-order valence-electron chi connectivity index (χ4n) is 2.60. The molecule has 0 spiro atoms. The number of amides is 1. The van der Waals surface area contributed by atoms with Crippen LogP contribution in [0.3, 0.4) is 0 Å². The summed E-state index contributed by atoms with van der Waals surface area (Å²) in [6.45, 7) is 3.79. The summed E-state index contributed by atoms with van der Waals surface area (Å²) >= 11 is 0. The molecule has 3 rings (SSSR count). The molecule has 152 valence electrons. The first-order chi connectivity index (χ1) is 14.1. The number of carbonyl (C=O) groups excluding carboxylic acids is 2. The van der Waals surface area contributed by atoms with Crippen LogP contribution >= 0.6 is 0 Å². The number of quaternary nitrogens is 1. The molecule has 0 bridgehead atoms. The van der Waals surface area contributed by atoms with Crippen LogP contribution in [0.15, 0.2) is 45.4 Å². The molecule has 0 saturated heterocycles. The van der Waals surface area contributed by atoms with E-state index >= 15 is 0 Å². The van der Waals surface area contributed by atoms with Crippen LogP contribution in [-0.4, -0.2) is 41.9 Å². The van der Waals surface area contributed by atoms with Crippen LogP contribution in [0.4, 0.5) is 5.82 Å². The predicted molar refractivity (Wildman–Crippen MR) is 102 cm³/mol. The number of anilines is 1. The molecular weight excluding hydrogens is 378 g/mol. The molecule has 29 heavy (non-hydrogen) atoms. The summed E-state index contributed by atoms with van der Waals surface area (Å²) in [4.78, 5) is 23.5. The van der Waals surface area contributed by atoms with E-state index < -0.39 is 5.91 Å².